The number of halogens is 2. The first-order valence-electron chi connectivity index (χ1n) is 6.12. The number of benzene rings is 1. The first-order valence-corrected chi connectivity index (χ1v) is 8.86. The second kappa shape index (κ2) is 6.81. The van der Waals surface area contributed by atoms with Crippen LogP contribution in [0.15, 0.2) is 22.7 Å². The fourth-order valence-electron chi connectivity index (χ4n) is 1.90. The molecule has 0 saturated carbocycles. The van der Waals surface area contributed by atoms with Gasteiger partial charge in [-0.15, -0.1) is 0 Å². The summed E-state index contributed by atoms with van der Waals surface area (Å²) in [5.41, 5.74) is 0.765. The Labute approximate surface area is 122 Å². The summed E-state index contributed by atoms with van der Waals surface area (Å²) < 4.78 is 37.4. The third-order valence-electron chi connectivity index (χ3n) is 3.16. The SMILES string of the molecule is CCNC(Cc1cc(F)ccc1Br)C(C)S(C)(=O)=O. The highest BCUT2D eigenvalue weighted by Crippen LogP contribution is 2.21. The minimum absolute atomic E-state index is 0.238. The third kappa shape index (κ3) is 4.85. The van der Waals surface area contributed by atoms with E-state index in [1.807, 2.05) is 6.92 Å². The van der Waals surface area contributed by atoms with Gasteiger partial charge in [-0.2, -0.15) is 0 Å². The smallest absolute Gasteiger partial charge is 0.151 e. The molecule has 0 bridgehead atoms. The average molecular weight is 352 g/mol. The molecule has 0 spiro atoms. The predicted octanol–water partition coefficient (Wildman–Crippen LogP) is 2.54. The molecule has 1 aromatic rings. The van der Waals surface area contributed by atoms with Gasteiger partial charge in [0, 0.05) is 16.8 Å². The van der Waals surface area contributed by atoms with E-state index < -0.39 is 15.1 Å². The van der Waals surface area contributed by atoms with Gasteiger partial charge in [-0.25, -0.2) is 12.8 Å². The van der Waals surface area contributed by atoms with Crippen molar-refractivity contribution < 1.29 is 12.8 Å². The van der Waals surface area contributed by atoms with Crippen LogP contribution in [0.3, 0.4) is 0 Å². The minimum atomic E-state index is -3.14. The number of hydrogen-bond acceptors (Lipinski definition) is 3. The van der Waals surface area contributed by atoms with Crippen LogP contribution in [0.25, 0.3) is 0 Å². The summed E-state index contributed by atoms with van der Waals surface area (Å²) in [5, 5.41) is 2.64. The molecule has 0 saturated heterocycles. The van der Waals surface area contributed by atoms with Crippen molar-refractivity contribution in [1.29, 1.82) is 0 Å². The fraction of sp³-hybridized carbons (Fsp3) is 0.538. The van der Waals surface area contributed by atoms with Gasteiger partial charge in [0.15, 0.2) is 9.84 Å². The van der Waals surface area contributed by atoms with E-state index in [1.165, 1.54) is 18.4 Å². The molecule has 0 heterocycles. The Bertz CT molecular complexity index is 533. The average Bonchev–Trinajstić information content (AvgIpc) is 2.31. The van der Waals surface area contributed by atoms with Gasteiger partial charge in [0.1, 0.15) is 5.82 Å². The van der Waals surface area contributed by atoms with Crippen LogP contribution in [0.2, 0.25) is 0 Å². The summed E-state index contributed by atoms with van der Waals surface area (Å²) in [6.07, 6.45) is 1.68. The highest BCUT2D eigenvalue weighted by atomic mass is 79.9. The quantitative estimate of drug-likeness (QED) is 0.856. The fourth-order valence-corrected chi connectivity index (χ4v) is 3.10. The Hall–Kier alpha value is -0.460. The second-order valence-electron chi connectivity index (χ2n) is 4.64. The van der Waals surface area contributed by atoms with Crippen molar-refractivity contribution in [2.45, 2.75) is 31.6 Å². The summed E-state index contributed by atoms with van der Waals surface area (Å²) in [7, 11) is -3.14. The number of rotatable bonds is 6. The molecule has 2 atom stereocenters. The molecule has 108 valence electrons. The molecule has 0 amide bonds. The molecule has 1 N–H and O–H groups in total. The zero-order valence-corrected chi connectivity index (χ0v) is 13.7. The largest absolute Gasteiger partial charge is 0.313 e. The third-order valence-corrected chi connectivity index (χ3v) is 5.61. The summed E-state index contributed by atoms with van der Waals surface area (Å²) >= 11 is 3.37. The van der Waals surface area contributed by atoms with E-state index in [2.05, 4.69) is 21.2 Å². The lowest BCUT2D eigenvalue weighted by Crippen LogP contribution is -2.43. The molecular weight excluding hydrogens is 333 g/mol. The van der Waals surface area contributed by atoms with E-state index >= 15 is 0 Å². The zero-order valence-electron chi connectivity index (χ0n) is 11.3. The number of likely N-dealkylation sites (N-methyl/N-ethyl adjacent to an activating group) is 1. The van der Waals surface area contributed by atoms with Crippen molar-refractivity contribution in [1.82, 2.24) is 5.32 Å². The maximum absolute atomic E-state index is 13.3. The highest BCUT2D eigenvalue weighted by molar-refractivity contribution is 9.10. The molecule has 3 nitrogen and oxygen atoms in total. The van der Waals surface area contributed by atoms with E-state index in [1.54, 1.807) is 13.0 Å². The van der Waals surface area contributed by atoms with Crippen LogP contribution >= 0.6 is 15.9 Å². The predicted molar refractivity (Wildman–Crippen MR) is 79.6 cm³/mol. The number of nitrogens with one attached hydrogen (secondary N) is 1. The Kier molecular flexibility index (Phi) is 5.95. The van der Waals surface area contributed by atoms with Gasteiger partial charge in [-0.3, -0.25) is 0 Å². The molecule has 2 unspecified atom stereocenters. The van der Waals surface area contributed by atoms with Crippen LogP contribution in [0.5, 0.6) is 0 Å². The van der Waals surface area contributed by atoms with Gasteiger partial charge in [-0.05, 0) is 43.7 Å². The minimum Gasteiger partial charge on any atom is -0.313 e. The Balaban J connectivity index is 2.99. The van der Waals surface area contributed by atoms with Crippen LogP contribution < -0.4 is 5.32 Å². The highest BCUT2D eigenvalue weighted by Gasteiger charge is 2.26. The maximum Gasteiger partial charge on any atom is 0.151 e. The van der Waals surface area contributed by atoms with Gasteiger partial charge in [0.25, 0.3) is 0 Å². The zero-order chi connectivity index (χ0) is 14.6. The van der Waals surface area contributed by atoms with Gasteiger partial charge in [0.2, 0.25) is 0 Å². The Morgan fingerprint density at radius 2 is 2.05 bits per heavy atom. The van der Waals surface area contributed by atoms with Crippen LogP contribution in [0.1, 0.15) is 19.4 Å². The van der Waals surface area contributed by atoms with E-state index in [-0.39, 0.29) is 11.9 Å². The monoisotopic (exact) mass is 351 g/mol. The molecule has 0 aromatic heterocycles. The molecule has 0 aliphatic heterocycles. The van der Waals surface area contributed by atoms with E-state index in [9.17, 15) is 12.8 Å². The number of hydrogen-bond donors (Lipinski definition) is 1. The van der Waals surface area contributed by atoms with Crippen molar-refractivity contribution in [2.24, 2.45) is 0 Å². The van der Waals surface area contributed by atoms with E-state index in [0.29, 0.717) is 13.0 Å². The number of sulfone groups is 1. The Morgan fingerprint density at radius 3 is 2.58 bits per heavy atom. The molecule has 1 aromatic carbocycles. The van der Waals surface area contributed by atoms with Gasteiger partial charge >= 0.3 is 0 Å². The molecule has 0 fully saturated rings. The molecule has 1 rings (SSSR count). The lowest BCUT2D eigenvalue weighted by molar-refractivity contribution is 0.492. The van der Waals surface area contributed by atoms with Crippen LogP contribution in [-0.4, -0.2) is 32.5 Å². The molecular formula is C13H19BrFNO2S. The lowest BCUT2D eigenvalue weighted by atomic mass is 10.0. The van der Waals surface area contributed by atoms with Crippen molar-refractivity contribution >= 4 is 25.8 Å². The summed E-state index contributed by atoms with van der Waals surface area (Å²) in [4.78, 5) is 0. The van der Waals surface area contributed by atoms with Gasteiger partial charge in [0.05, 0.1) is 5.25 Å². The van der Waals surface area contributed by atoms with Gasteiger partial charge < -0.3 is 5.32 Å². The lowest BCUT2D eigenvalue weighted by Gasteiger charge is -2.24. The molecule has 0 aliphatic carbocycles. The van der Waals surface area contributed by atoms with Crippen LogP contribution in [-0.2, 0) is 16.3 Å². The standard InChI is InChI=1S/C13H19BrFNO2S/c1-4-16-13(9(2)19(3,17)18)8-10-7-11(15)5-6-12(10)14/h5-7,9,13,16H,4,8H2,1-3H3. The second-order valence-corrected chi connectivity index (χ2v) is 7.90. The normalized spacial score (nSPS) is 15.2. The summed E-state index contributed by atoms with van der Waals surface area (Å²) in [6, 6.07) is 4.20. The first-order chi connectivity index (χ1) is 8.75. The maximum atomic E-state index is 13.3. The molecule has 0 radical (unpaired) electrons. The molecule has 0 aliphatic rings. The van der Waals surface area contributed by atoms with Crippen molar-refractivity contribution in [3.05, 3.63) is 34.1 Å². The van der Waals surface area contributed by atoms with E-state index in [0.717, 1.165) is 10.0 Å². The first kappa shape index (κ1) is 16.6. The van der Waals surface area contributed by atoms with Crippen molar-refractivity contribution in [2.75, 3.05) is 12.8 Å². The van der Waals surface area contributed by atoms with Crippen molar-refractivity contribution in [3.63, 3.8) is 0 Å². The topological polar surface area (TPSA) is 46.2 Å². The summed E-state index contributed by atoms with van der Waals surface area (Å²) in [6.45, 7) is 4.26. The van der Waals surface area contributed by atoms with Crippen LogP contribution in [0, 0.1) is 5.82 Å². The molecule has 6 heteroatoms. The van der Waals surface area contributed by atoms with E-state index in [4.69, 9.17) is 0 Å². The van der Waals surface area contributed by atoms with Crippen LogP contribution in [0.4, 0.5) is 4.39 Å². The van der Waals surface area contributed by atoms with Gasteiger partial charge in [-0.1, -0.05) is 22.9 Å². The van der Waals surface area contributed by atoms with Crippen molar-refractivity contribution in [3.8, 4) is 0 Å². The molecule has 19 heavy (non-hydrogen) atoms. The Morgan fingerprint density at radius 1 is 1.42 bits per heavy atom. The summed E-state index contributed by atoms with van der Waals surface area (Å²) in [5.74, 6) is -0.319.